The van der Waals surface area contributed by atoms with Gasteiger partial charge in [-0.2, -0.15) is 0 Å². The lowest BCUT2D eigenvalue weighted by atomic mass is 10.2. The molecule has 0 aliphatic rings. The molecule has 0 aromatic carbocycles. The summed E-state index contributed by atoms with van der Waals surface area (Å²) in [6.45, 7) is 1.94. The van der Waals surface area contributed by atoms with Crippen molar-refractivity contribution in [2.75, 3.05) is 5.88 Å². The number of alkyl halides is 1. The Bertz CT molecular complexity index is 336. The topological polar surface area (TPSA) is 12.9 Å². The van der Waals surface area contributed by atoms with Crippen LogP contribution in [0.2, 0.25) is 5.15 Å². The lowest BCUT2D eigenvalue weighted by molar-refractivity contribution is 1.27. The molecule has 1 nitrogen and oxygen atoms in total. The maximum atomic E-state index is 5.67. The van der Waals surface area contributed by atoms with E-state index in [4.69, 9.17) is 23.2 Å². The molecule has 0 aliphatic heterocycles. The van der Waals surface area contributed by atoms with E-state index in [9.17, 15) is 0 Å². The van der Waals surface area contributed by atoms with Gasteiger partial charge < -0.3 is 0 Å². The monoisotopic (exact) mass is 199 g/mol. The zero-order valence-corrected chi connectivity index (χ0v) is 8.08. The molecule has 0 radical (unpaired) electrons. The Balaban J connectivity index is 3.01. The molecule has 1 heterocycles. The van der Waals surface area contributed by atoms with Crippen molar-refractivity contribution < 1.29 is 0 Å². The third-order valence-corrected chi connectivity index (χ3v) is 1.71. The zero-order chi connectivity index (χ0) is 8.97. The molecule has 1 rings (SSSR count). The minimum Gasteiger partial charge on any atom is -0.243 e. The SMILES string of the molecule is Cc1cc(Cl)ncc1C#CCCl. The number of hydrogen-bond donors (Lipinski definition) is 0. The highest BCUT2D eigenvalue weighted by Crippen LogP contribution is 2.10. The standard InChI is InChI=1S/C9H7Cl2N/c1-7-5-9(11)12-6-8(7)3-2-4-10/h5-6H,4H2,1H3. The van der Waals surface area contributed by atoms with Gasteiger partial charge in [-0.15, -0.1) is 11.6 Å². The Morgan fingerprint density at radius 3 is 2.92 bits per heavy atom. The summed E-state index contributed by atoms with van der Waals surface area (Å²) in [6.07, 6.45) is 1.65. The summed E-state index contributed by atoms with van der Waals surface area (Å²) in [5.41, 5.74) is 1.90. The van der Waals surface area contributed by atoms with Gasteiger partial charge in [-0.25, -0.2) is 4.98 Å². The van der Waals surface area contributed by atoms with Gasteiger partial charge in [-0.1, -0.05) is 23.4 Å². The van der Waals surface area contributed by atoms with Crippen LogP contribution in [0.25, 0.3) is 0 Å². The average Bonchev–Trinajstić information content (AvgIpc) is 2.03. The molecular weight excluding hydrogens is 193 g/mol. The maximum Gasteiger partial charge on any atom is 0.129 e. The van der Waals surface area contributed by atoms with Crippen LogP contribution in [-0.2, 0) is 0 Å². The van der Waals surface area contributed by atoms with Crippen LogP contribution >= 0.6 is 23.2 Å². The van der Waals surface area contributed by atoms with E-state index in [0.717, 1.165) is 11.1 Å². The molecule has 0 fully saturated rings. The number of aromatic nitrogens is 1. The van der Waals surface area contributed by atoms with Gasteiger partial charge in [0.15, 0.2) is 0 Å². The van der Waals surface area contributed by atoms with Crippen molar-refractivity contribution in [3.8, 4) is 11.8 Å². The molecular formula is C9H7Cl2N. The quantitative estimate of drug-likeness (QED) is 0.356. The van der Waals surface area contributed by atoms with Gasteiger partial charge >= 0.3 is 0 Å². The molecule has 0 saturated carbocycles. The number of nitrogens with zero attached hydrogens (tertiary/aromatic N) is 1. The van der Waals surface area contributed by atoms with E-state index in [1.807, 2.05) is 6.92 Å². The minimum absolute atomic E-state index is 0.335. The lowest BCUT2D eigenvalue weighted by Gasteiger charge is -1.96. The zero-order valence-electron chi connectivity index (χ0n) is 6.56. The van der Waals surface area contributed by atoms with Crippen LogP contribution in [0.4, 0.5) is 0 Å². The summed E-state index contributed by atoms with van der Waals surface area (Å²) in [4.78, 5) is 3.91. The Morgan fingerprint density at radius 2 is 2.33 bits per heavy atom. The van der Waals surface area contributed by atoms with Crippen LogP contribution in [-0.4, -0.2) is 10.9 Å². The molecule has 1 aromatic rings. The van der Waals surface area contributed by atoms with E-state index in [1.165, 1.54) is 0 Å². The van der Waals surface area contributed by atoms with E-state index in [1.54, 1.807) is 12.3 Å². The summed E-state index contributed by atoms with van der Waals surface area (Å²) >= 11 is 11.1. The summed E-state index contributed by atoms with van der Waals surface area (Å²) < 4.78 is 0. The van der Waals surface area contributed by atoms with Gasteiger partial charge in [0.1, 0.15) is 5.15 Å². The van der Waals surface area contributed by atoms with Crippen LogP contribution in [0.1, 0.15) is 11.1 Å². The summed E-state index contributed by atoms with van der Waals surface area (Å²) in [5.74, 6) is 5.98. The predicted molar refractivity (Wildman–Crippen MR) is 51.6 cm³/mol. The highest BCUT2D eigenvalue weighted by molar-refractivity contribution is 6.29. The largest absolute Gasteiger partial charge is 0.243 e. The van der Waals surface area contributed by atoms with Crippen molar-refractivity contribution in [2.45, 2.75) is 6.92 Å². The summed E-state index contributed by atoms with van der Waals surface area (Å²) in [6, 6.07) is 1.78. The molecule has 62 valence electrons. The molecule has 0 N–H and O–H groups in total. The first kappa shape index (κ1) is 9.38. The third-order valence-electron chi connectivity index (χ3n) is 1.37. The lowest BCUT2D eigenvalue weighted by Crippen LogP contribution is -1.84. The van der Waals surface area contributed by atoms with E-state index in [-0.39, 0.29) is 0 Å². The Labute approximate surface area is 81.7 Å². The van der Waals surface area contributed by atoms with Crippen molar-refractivity contribution in [1.29, 1.82) is 0 Å². The molecule has 12 heavy (non-hydrogen) atoms. The van der Waals surface area contributed by atoms with Crippen molar-refractivity contribution in [3.63, 3.8) is 0 Å². The molecule has 0 spiro atoms. The molecule has 0 saturated heterocycles. The van der Waals surface area contributed by atoms with Crippen LogP contribution in [0.5, 0.6) is 0 Å². The normalized spacial score (nSPS) is 8.92. The Hall–Kier alpha value is -0.710. The number of aryl methyl sites for hydroxylation is 1. The molecule has 0 bridgehead atoms. The smallest absolute Gasteiger partial charge is 0.129 e. The first-order valence-electron chi connectivity index (χ1n) is 3.41. The van der Waals surface area contributed by atoms with E-state index < -0.39 is 0 Å². The van der Waals surface area contributed by atoms with E-state index >= 15 is 0 Å². The Kier molecular flexibility index (Phi) is 3.40. The Morgan fingerprint density at radius 1 is 1.58 bits per heavy atom. The van der Waals surface area contributed by atoms with E-state index in [2.05, 4.69) is 16.8 Å². The van der Waals surface area contributed by atoms with Crippen molar-refractivity contribution >= 4 is 23.2 Å². The fourth-order valence-corrected chi connectivity index (χ4v) is 1.06. The highest BCUT2D eigenvalue weighted by atomic mass is 35.5. The van der Waals surface area contributed by atoms with E-state index in [0.29, 0.717) is 11.0 Å². The summed E-state index contributed by atoms with van der Waals surface area (Å²) in [7, 11) is 0. The fraction of sp³-hybridized carbons (Fsp3) is 0.222. The number of pyridine rings is 1. The summed E-state index contributed by atoms with van der Waals surface area (Å²) in [5, 5.41) is 0.490. The molecule has 1 aromatic heterocycles. The molecule has 0 aliphatic carbocycles. The molecule has 0 amide bonds. The second-order valence-corrected chi connectivity index (χ2v) is 2.91. The van der Waals surface area contributed by atoms with Crippen LogP contribution in [0.15, 0.2) is 12.3 Å². The van der Waals surface area contributed by atoms with Crippen LogP contribution < -0.4 is 0 Å². The molecule has 0 atom stereocenters. The third kappa shape index (κ3) is 2.41. The number of rotatable bonds is 0. The van der Waals surface area contributed by atoms with Gasteiger partial charge in [-0.05, 0) is 18.6 Å². The molecule has 3 heteroatoms. The van der Waals surface area contributed by atoms with Crippen molar-refractivity contribution in [3.05, 3.63) is 28.5 Å². The first-order valence-corrected chi connectivity index (χ1v) is 4.32. The number of hydrogen-bond acceptors (Lipinski definition) is 1. The number of halogens is 2. The second-order valence-electron chi connectivity index (χ2n) is 2.26. The maximum absolute atomic E-state index is 5.67. The molecule has 0 unspecified atom stereocenters. The van der Waals surface area contributed by atoms with Crippen molar-refractivity contribution in [2.24, 2.45) is 0 Å². The van der Waals surface area contributed by atoms with Gasteiger partial charge in [-0.3, -0.25) is 0 Å². The fourth-order valence-electron chi connectivity index (χ4n) is 0.781. The second kappa shape index (κ2) is 4.35. The highest BCUT2D eigenvalue weighted by Gasteiger charge is 1.95. The van der Waals surface area contributed by atoms with Gasteiger partial charge in [0.05, 0.1) is 5.88 Å². The first-order chi connectivity index (χ1) is 5.74. The predicted octanol–water partition coefficient (Wildman–Crippen LogP) is 2.63. The van der Waals surface area contributed by atoms with Crippen molar-refractivity contribution in [1.82, 2.24) is 4.98 Å². The van der Waals surface area contributed by atoms with Gasteiger partial charge in [0, 0.05) is 11.8 Å². The van der Waals surface area contributed by atoms with Crippen LogP contribution in [0.3, 0.4) is 0 Å². The van der Waals surface area contributed by atoms with Gasteiger partial charge in [0.25, 0.3) is 0 Å². The average molecular weight is 200 g/mol. The van der Waals surface area contributed by atoms with Crippen LogP contribution in [0, 0.1) is 18.8 Å². The minimum atomic E-state index is 0.335. The van der Waals surface area contributed by atoms with Gasteiger partial charge in [0.2, 0.25) is 0 Å².